The molecule has 27 heavy (non-hydrogen) atoms. The molecule has 0 saturated carbocycles. The van der Waals surface area contributed by atoms with E-state index in [0.717, 1.165) is 12.8 Å². The Hall–Kier alpha value is -3.23. The van der Waals surface area contributed by atoms with Crippen LogP contribution in [0.5, 0.6) is 0 Å². The average Bonchev–Trinajstić information content (AvgIpc) is 3.23. The normalized spacial score (nSPS) is 17.0. The number of nitrogens with zero attached hydrogens (tertiary/aromatic N) is 2. The Morgan fingerprint density at radius 2 is 2.11 bits per heavy atom. The highest BCUT2D eigenvalue weighted by Crippen LogP contribution is 2.32. The Kier molecular flexibility index (Phi) is 4.14. The Morgan fingerprint density at radius 1 is 1.30 bits per heavy atom. The number of hydrogen-bond donors (Lipinski definition) is 3. The van der Waals surface area contributed by atoms with Gasteiger partial charge in [0.15, 0.2) is 0 Å². The highest BCUT2D eigenvalue weighted by molar-refractivity contribution is 5.80. The van der Waals surface area contributed by atoms with Crippen molar-refractivity contribution >= 4 is 16.9 Å². The van der Waals surface area contributed by atoms with E-state index in [1.165, 1.54) is 12.1 Å². The average molecular weight is 371 g/mol. The number of fused-ring (bicyclic) bond motifs is 1. The first-order valence-electron chi connectivity index (χ1n) is 8.69. The van der Waals surface area contributed by atoms with Crippen molar-refractivity contribution in [2.45, 2.75) is 32.2 Å². The van der Waals surface area contributed by atoms with Gasteiger partial charge in [-0.2, -0.15) is 0 Å². The molecule has 1 amide bonds. The molecule has 2 aromatic heterocycles. The molecule has 0 aliphatic carbocycles. The SMILES string of the molecule is Cc1[nH]c(=O)[nH]c(=O)c1CC(=O)N1CCCC1c1nc2ccc(F)cc2[nH]1. The molecule has 8 nitrogen and oxygen atoms in total. The predicted octanol–water partition coefficient (Wildman–Crippen LogP) is 1.29. The maximum atomic E-state index is 13.4. The highest BCUT2D eigenvalue weighted by atomic mass is 19.1. The molecule has 3 aromatic rings. The van der Waals surface area contributed by atoms with Crippen molar-refractivity contribution in [2.75, 3.05) is 6.54 Å². The molecule has 0 radical (unpaired) electrons. The minimum absolute atomic E-state index is 0.108. The van der Waals surface area contributed by atoms with Crippen LogP contribution in [0.3, 0.4) is 0 Å². The van der Waals surface area contributed by atoms with Crippen LogP contribution < -0.4 is 11.2 Å². The summed E-state index contributed by atoms with van der Waals surface area (Å²) >= 11 is 0. The summed E-state index contributed by atoms with van der Waals surface area (Å²) < 4.78 is 13.4. The second kappa shape index (κ2) is 6.49. The van der Waals surface area contributed by atoms with Gasteiger partial charge in [-0.05, 0) is 38.0 Å². The Morgan fingerprint density at radius 3 is 2.89 bits per heavy atom. The van der Waals surface area contributed by atoms with E-state index in [1.54, 1.807) is 17.9 Å². The molecule has 1 atom stereocenters. The fourth-order valence-electron chi connectivity index (χ4n) is 3.60. The van der Waals surface area contributed by atoms with Crippen molar-refractivity contribution in [3.63, 3.8) is 0 Å². The van der Waals surface area contributed by atoms with E-state index in [9.17, 15) is 18.8 Å². The van der Waals surface area contributed by atoms with Gasteiger partial charge in [0.25, 0.3) is 5.56 Å². The second-order valence-electron chi connectivity index (χ2n) is 6.72. The third-order valence-electron chi connectivity index (χ3n) is 4.93. The number of aromatic nitrogens is 4. The van der Waals surface area contributed by atoms with Crippen molar-refractivity contribution in [3.05, 3.63) is 61.9 Å². The number of halogens is 1. The van der Waals surface area contributed by atoms with Crippen LogP contribution in [0, 0.1) is 12.7 Å². The lowest BCUT2D eigenvalue weighted by molar-refractivity contribution is -0.131. The van der Waals surface area contributed by atoms with Crippen LogP contribution >= 0.6 is 0 Å². The first kappa shape index (κ1) is 17.2. The molecule has 3 heterocycles. The number of benzene rings is 1. The van der Waals surface area contributed by atoms with Crippen molar-refractivity contribution in [1.82, 2.24) is 24.8 Å². The first-order valence-corrected chi connectivity index (χ1v) is 8.69. The molecule has 1 fully saturated rings. The minimum Gasteiger partial charge on any atom is -0.340 e. The van der Waals surface area contributed by atoms with Gasteiger partial charge in [0.2, 0.25) is 5.91 Å². The van der Waals surface area contributed by atoms with E-state index in [-0.39, 0.29) is 29.8 Å². The lowest BCUT2D eigenvalue weighted by Crippen LogP contribution is -2.35. The predicted molar refractivity (Wildman–Crippen MR) is 95.9 cm³/mol. The number of likely N-dealkylation sites (tertiary alicyclic amines) is 1. The molecule has 1 aromatic carbocycles. The maximum absolute atomic E-state index is 13.4. The van der Waals surface area contributed by atoms with E-state index >= 15 is 0 Å². The maximum Gasteiger partial charge on any atom is 0.325 e. The topological polar surface area (TPSA) is 115 Å². The number of imidazole rings is 1. The van der Waals surface area contributed by atoms with Gasteiger partial charge in [-0.15, -0.1) is 0 Å². The molecule has 0 spiro atoms. The molecule has 9 heteroatoms. The number of rotatable bonds is 3. The number of nitrogens with one attached hydrogen (secondary N) is 3. The number of amides is 1. The van der Waals surface area contributed by atoms with Gasteiger partial charge in [0.1, 0.15) is 11.6 Å². The number of hydrogen-bond acceptors (Lipinski definition) is 4. The van der Waals surface area contributed by atoms with Crippen molar-refractivity contribution < 1.29 is 9.18 Å². The smallest absolute Gasteiger partial charge is 0.325 e. The standard InChI is InChI=1S/C18H18FN5O3/c1-9-11(17(26)23-18(27)20-9)8-15(25)24-6-2-3-14(24)16-21-12-5-4-10(19)7-13(12)22-16/h4-5,7,14H,2-3,6,8H2,1H3,(H,21,22)(H2,20,23,26,27). The van der Waals surface area contributed by atoms with Crippen LogP contribution in [-0.4, -0.2) is 37.3 Å². The third-order valence-corrected chi connectivity index (χ3v) is 4.93. The van der Waals surface area contributed by atoms with Crippen molar-refractivity contribution in [1.29, 1.82) is 0 Å². The van der Waals surface area contributed by atoms with Crippen LogP contribution in [0.4, 0.5) is 4.39 Å². The molecule has 1 saturated heterocycles. The number of carbonyl (C=O) groups excluding carboxylic acids is 1. The number of aryl methyl sites for hydroxylation is 1. The summed E-state index contributed by atoms with van der Waals surface area (Å²) in [5.74, 6) is 0.0307. The van der Waals surface area contributed by atoms with Gasteiger partial charge in [-0.3, -0.25) is 14.6 Å². The molecule has 0 bridgehead atoms. The van der Waals surface area contributed by atoms with E-state index in [2.05, 4.69) is 19.9 Å². The second-order valence-corrected chi connectivity index (χ2v) is 6.72. The fourth-order valence-corrected chi connectivity index (χ4v) is 3.60. The molecule has 140 valence electrons. The third kappa shape index (κ3) is 3.16. The fraction of sp³-hybridized carbons (Fsp3) is 0.333. The summed E-state index contributed by atoms with van der Waals surface area (Å²) in [5, 5.41) is 0. The molecule has 3 N–H and O–H groups in total. The largest absolute Gasteiger partial charge is 0.340 e. The Labute approximate surface area is 152 Å². The molecular formula is C18H18FN5O3. The van der Waals surface area contributed by atoms with Gasteiger partial charge < -0.3 is 14.9 Å². The van der Waals surface area contributed by atoms with Gasteiger partial charge in [0, 0.05) is 17.8 Å². The Bertz CT molecular complexity index is 1150. The zero-order chi connectivity index (χ0) is 19.1. The van der Waals surface area contributed by atoms with Gasteiger partial charge in [-0.25, -0.2) is 14.2 Å². The summed E-state index contributed by atoms with van der Waals surface area (Å²) in [7, 11) is 0. The summed E-state index contributed by atoms with van der Waals surface area (Å²) in [6.45, 7) is 2.14. The zero-order valence-electron chi connectivity index (χ0n) is 14.6. The van der Waals surface area contributed by atoms with E-state index < -0.39 is 11.2 Å². The van der Waals surface area contributed by atoms with Crippen molar-refractivity contribution in [3.8, 4) is 0 Å². The lowest BCUT2D eigenvalue weighted by Gasteiger charge is -2.23. The van der Waals surface area contributed by atoms with E-state index in [1.807, 2.05) is 0 Å². The van der Waals surface area contributed by atoms with Crippen LogP contribution in [0.25, 0.3) is 11.0 Å². The molecule has 1 unspecified atom stereocenters. The Balaban J connectivity index is 1.61. The molecular weight excluding hydrogens is 353 g/mol. The van der Waals surface area contributed by atoms with Crippen LogP contribution in [0.2, 0.25) is 0 Å². The van der Waals surface area contributed by atoms with Gasteiger partial charge in [0.05, 0.1) is 23.5 Å². The monoisotopic (exact) mass is 371 g/mol. The minimum atomic E-state index is -0.595. The summed E-state index contributed by atoms with van der Waals surface area (Å²) in [5.41, 5.74) is 0.696. The van der Waals surface area contributed by atoms with E-state index in [4.69, 9.17) is 0 Å². The first-order chi connectivity index (χ1) is 12.9. The summed E-state index contributed by atoms with van der Waals surface area (Å²) in [6.07, 6.45) is 1.43. The van der Waals surface area contributed by atoms with Gasteiger partial charge in [-0.1, -0.05) is 0 Å². The van der Waals surface area contributed by atoms with Crippen LogP contribution in [-0.2, 0) is 11.2 Å². The van der Waals surface area contributed by atoms with Crippen LogP contribution in [0.1, 0.15) is 36.0 Å². The zero-order valence-corrected chi connectivity index (χ0v) is 14.6. The van der Waals surface area contributed by atoms with E-state index in [0.29, 0.717) is 29.1 Å². The molecule has 1 aliphatic rings. The number of H-pyrrole nitrogens is 3. The molecule has 4 rings (SSSR count). The lowest BCUT2D eigenvalue weighted by atomic mass is 10.1. The highest BCUT2D eigenvalue weighted by Gasteiger charge is 2.32. The summed E-state index contributed by atoms with van der Waals surface area (Å²) in [4.78, 5) is 50.1. The van der Waals surface area contributed by atoms with Crippen molar-refractivity contribution in [2.24, 2.45) is 0 Å². The van der Waals surface area contributed by atoms with Crippen LogP contribution in [0.15, 0.2) is 27.8 Å². The molecule has 1 aliphatic heterocycles. The summed E-state index contributed by atoms with van der Waals surface area (Å²) in [6, 6.07) is 4.05. The van der Waals surface area contributed by atoms with Gasteiger partial charge >= 0.3 is 5.69 Å². The number of carbonyl (C=O) groups is 1. The quantitative estimate of drug-likeness (QED) is 0.643. The number of aromatic amines is 3.